The Labute approximate surface area is 157 Å². The molecule has 0 aliphatic carbocycles. The Bertz CT molecular complexity index is 807. The number of benzene rings is 1. The van der Waals surface area contributed by atoms with Gasteiger partial charge in [0, 0.05) is 37.6 Å². The molecule has 26 heavy (non-hydrogen) atoms. The van der Waals surface area contributed by atoms with Crippen molar-refractivity contribution in [2.24, 2.45) is 5.92 Å². The minimum Gasteiger partial charge on any atom is -0.363 e. The van der Waals surface area contributed by atoms with E-state index in [-0.39, 0.29) is 24.2 Å². The van der Waals surface area contributed by atoms with Crippen molar-refractivity contribution in [2.45, 2.75) is 11.3 Å². The minimum atomic E-state index is -0.367. The summed E-state index contributed by atoms with van der Waals surface area (Å²) in [6, 6.07) is 11.5. The van der Waals surface area contributed by atoms with Gasteiger partial charge in [0.15, 0.2) is 0 Å². The Balaban J connectivity index is 1.66. The lowest BCUT2D eigenvalue weighted by molar-refractivity contribution is -0.122. The number of hydrogen-bond acceptors (Lipinski definition) is 5. The third-order valence-corrected chi connectivity index (χ3v) is 5.06. The third-order valence-electron chi connectivity index (χ3n) is 4.33. The Kier molecular flexibility index (Phi) is 5.46. The van der Waals surface area contributed by atoms with E-state index < -0.39 is 0 Å². The molecule has 0 bridgehead atoms. The molecule has 0 radical (unpaired) electrons. The second-order valence-corrected chi connectivity index (χ2v) is 7.28. The normalized spacial score (nSPS) is 16.7. The highest BCUT2D eigenvalue weighted by Crippen LogP contribution is 2.28. The van der Waals surface area contributed by atoms with Crippen molar-refractivity contribution < 1.29 is 9.59 Å². The zero-order chi connectivity index (χ0) is 18.7. The molecule has 136 valence electrons. The van der Waals surface area contributed by atoms with Crippen LogP contribution in [0.25, 0.3) is 0 Å². The van der Waals surface area contributed by atoms with Crippen LogP contribution in [-0.2, 0) is 9.59 Å². The number of anilines is 3. The Hall–Kier alpha value is -2.54. The first-order chi connectivity index (χ1) is 12.5. The summed E-state index contributed by atoms with van der Waals surface area (Å²) >= 11 is 1.63. The second-order valence-electron chi connectivity index (χ2n) is 6.40. The molecule has 1 aliphatic rings. The summed E-state index contributed by atoms with van der Waals surface area (Å²) in [5, 5.41) is 2.86. The number of carbonyl (C=O) groups excluding carboxylic acids is 2. The van der Waals surface area contributed by atoms with E-state index in [9.17, 15) is 9.59 Å². The maximum atomic E-state index is 12.5. The largest absolute Gasteiger partial charge is 0.363 e. The number of hydrogen-bond donors (Lipinski definition) is 1. The molecule has 6 nitrogen and oxygen atoms in total. The Morgan fingerprint density at radius 2 is 2.12 bits per heavy atom. The highest BCUT2D eigenvalue weighted by Gasteiger charge is 2.35. The van der Waals surface area contributed by atoms with Crippen molar-refractivity contribution in [3.05, 3.63) is 42.6 Å². The van der Waals surface area contributed by atoms with Gasteiger partial charge in [0.1, 0.15) is 5.82 Å². The van der Waals surface area contributed by atoms with Gasteiger partial charge in [-0.05, 0) is 36.6 Å². The van der Waals surface area contributed by atoms with Gasteiger partial charge in [-0.15, -0.1) is 11.8 Å². The molecule has 1 aromatic carbocycles. The van der Waals surface area contributed by atoms with Gasteiger partial charge in [0.25, 0.3) is 0 Å². The molecule has 2 heterocycles. The Morgan fingerprint density at radius 3 is 2.77 bits per heavy atom. The van der Waals surface area contributed by atoms with Crippen LogP contribution in [0.3, 0.4) is 0 Å². The summed E-state index contributed by atoms with van der Waals surface area (Å²) in [4.78, 5) is 33.9. The molecule has 1 fully saturated rings. The number of carbonyl (C=O) groups is 2. The van der Waals surface area contributed by atoms with Crippen LogP contribution in [0.5, 0.6) is 0 Å². The van der Waals surface area contributed by atoms with Gasteiger partial charge in [-0.25, -0.2) is 4.98 Å². The van der Waals surface area contributed by atoms with E-state index in [0.29, 0.717) is 12.2 Å². The maximum Gasteiger partial charge on any atom is 0.229 e. The smallest absolute Gasteiger partial charge is 0.229 e. The van der Waals surface area contributed by atoms with Crippen LogP contribution in [0, 0.1) is 5.92 Å². The van der Waals surface area contributed by atoms with Gasteiger partial charge in [0.05, 0.1) is 17.8 Å². The molecular weight excluding hydrogens is 348 g/mol. The number of nitrogens with zero attached hydrogens (tertiary/aromatic N) is 3. The predicted molar refractivity (Wildman–Crippen MR) is 106 cm³/mol. The molecule has 7 heteroatoms. The van der Waals surface area contributed by atoms with Gasteiger partial charge < -0.3 is 15.1 Å². The average Bonchev–Trinajstić information content (AvgIpc) is 3.04. The first-order valence-corrected chi connectivity index (χ1v) is 9.59. The van der Waals surface area contributed by atoms with Crippen LogP contribution in [0.2, 0.25) is 0 Å². The molecule has 2 amide bonds. The fourth-order valence-electron chi connectivity index (χ4n) is 2.88. The number of aromatic nitrogens is 1. The first kappa shape index (κ1) is 18.3. The monoisotopic (exact) mass is 370 g/mol. The van der Waals surface area contributed by atoms with Gasteiger partial charge in [-0.2, -0.15) is 0 Å². The molecule has 1 atom stereocenters. The fourth-order valence-corrected chi connectivity index (χ4v) is 3.33. The molecule has 0 spiro atoms. The molecular formula is C19H22N4O2S. The van der Waals surface area contributed by atoms with Crippen LogP contribution >= 0.6 is 11.8 Å². The summed E-state index contributed by atoms with van der Waals surface area (Å²) in [6.45, 7) is 0.395. The van der Waals surface area contributed by atoms with Gasteiger partial charge in [0.2, 0.25) is 11.8 Å². The lowest BCUT2D eigenvalue weighted by Gasteiger charge is -2.17. The topological polar surface area (TPSA) is 65.5 Å². The summed E-state index contributed by atoms with van der Waals surface area (Å²) in [6.07, 6.45) is 3.85. The first-order valence-electron chi connectivity index (χ1n) is 8.36. The van der Waals surface area contributed by atoms with Crippen molar-refractivity contribution in [1.29, 1.82) is 0 Å². The number of rotatable bonds is 5. The third kappa shape index (κ3) is 3.99. The molecule has 2 aromatic rings. The summed E-state index contributed by atoms with van der Waals surface area (Å²) in [5.41, 5.74) is 1.48. The Morgan fingerprint density at radius 1 is 1.31 bits per heavy atom. The van der Waals surface area contributed by atoms with E-state index in [4.69, 9.17) is 0 Å². The van der Waals surface area contributed by atoms with Crippen molar-refractivity contribution in [3.8, 4) is 0 Å². The number of thioether (sulfide) groups is 1. The van der Waals surface area contributed by atoms with Crippen LogP contribution in [0.4, 0.5) is 17.2 Å². The second kappa shape index (κ2) is 7.78. The fraction of sp³-hybridized carbons (Fsp3) is 0.316. The highest BCUT2D eigenvalue weighted by molar-refractivity contribution is 7.98. The van der Waals surface area contributed by atoms with Crippen LogP contribution in [0.15, 0.2) is 47.5 Å². The zero-order valence-electron chi connectivity index (χ0n) is 15.1. The lowest BCUT2D eigenvalue weighted by Crippen LogP contribution is -2.28. The SMILES string of the molecule is CSc1cccc(N2C[C@H](C(=O)Nc3ccc(N(C)C)nc3)CC2=O)c1. The van der Waals surface area contributed by atoms with Crippen molar-refractivity contribution in [3.63, 3.8) is 0 Å². The van der Waals surface area contributed by atoms with Crippen LogP contribution in [-0.4, -0.2) is 43.7 Å². The summed E-state index contributed by atoms with van der Waals surface area (Å²) < 4.78 is 0. The van der Waals surface area contributed by atoms with Crippen LogP contribution in [0.1, 0.15) is 6.42 Å². The standard InChI is InChI=1S/C19H22N4O2S/c1-22(2)17-8-7-14(11-20-17)21-19(25)13-9-18(24)23(12-13)15-5-4-6-16(10-15)26-3/h4-8,10-11,13H,9,12H2,1-3H3,(H,21,25)/t13-/m1/s1. The molecule has 1 saturated heterocycles. The minimum absolute atomic E-state index is 0.0236. The molecule has 0 saturated carbocycles. The number of nitrogens with one attached hydrogen (secondary N) is 1. The number of pyridine rings is 1. The van der Waals surface area contributed by atoms with E-state index >= 15 is 0 Å². The summed E-state index contributed by atoms with van der Waals surface area (Å²) in [7, 11) is 3.82. The summed E-state index contributed by atoms with van der Waals surface area (Å²) in [5.74, 6) is 0.276. The zero-order valence-corrected chi connectivity index (χ0v) is 15.9. The maximum absolute atomic E-state index is 12.5. The van der Waals surface area contributed by atoms with E-state index in [1.54, 1.807) is 22.9 Å². The highest BCUT2D eigenvalue weighted by atomic mass is 32.2. The molecule has 3 rings (SSSR count). The number of amides is 2. The molecule has 0 unspecified atom stereocenters. The molecule has 1 aliphatic heterocycles. The van der Waals surface area contributed by atoms with Crippen molar-refractivity contribution in [2.75, 3.05) is 42.0 Å². The molecule has 1 N–H and O–H groups in total. The van der Waals surface area contributed by atoms with Crippen LogP contribution < -0.4 is 15.1 Å². The van der Waals surface area contributed by atoms with E-state index in [1.165, 1.54) is 0 Å². The van der Waals surface area contributed by atoms with Gasteiger partial charge >= 0.3 is 0 Å². The van der Waals surface area contributed by atoms with E-state index in [0.717, 1.165) is 16.4 Å². The van der Waals surface area contributed by atoms with Gasteiger partial charge in [-0.3, -0.25) is 9.59 Å². The quantitative estimate of drug-likeness (QED) is 0.820. The van der Waals surface area contributed by atoms with Crippen molar-refractivity contribution in [1.82, 2.24) is 4.98 Å². The average molecular weight is 370 g/mol. The van der Waals surface area contributed by atoms with Crippen molar-refractivity contribution >= 4 is 40.8 Å². The molecule has 1 aromatic heterocycles. The van der Waals surface area contributed by atoms with E-state index in [2.05, 4.69) is 10.3 Å². The predicted octanol–water partition coefficient (Wildman–Crippen LogP) is 2.86. The van der Waals surface area contributed by atoms with Gasteiger partial charge in [-0.1, -0.05) is 6.07 Å². The van der Waals surface area contributed by atoms with E-state index in [1.807, 2.05) is 61.6 Å². The lowest BCUT2D eigenvalue weighted by atomic mass is 10.1.